The Kier molecular flexibility index (Phi) is 4.20. The van der Waals surface area contributed by atoms with Gasteiger partial charge in [0, 0.05) is 19.3 Å². The summed E-state index contributed by atoms with van der Waals surface area (Å²) in [6.07, 6.45) is 6.95. The summed E-state index contributed by atoms with van der Waals surface area (Å²) in [7, 11) is 1.83. The molecule has 0 spiro atoms. The van der Waals surface area contributed by atoms with Crippen molar-refractivity contribution in [2.24, 2.45) is 5.92 Å². The van der Waals surface area contributed by atoms with E-state index in [4.69, 9.17) is 0 Å². The maximum atomic E-state index is 4.43. The summed E-state index contributed by atoms with van der Waals surface area (Å²) in [5.74, 6) is 2.46. The summed E-state index contributed by atoms with van der Waals surface area (Å²) in [6.45, 7) is 2.22. The maximum Gasteiger partial charge on any atom is 0.224 e. The van der Waals surface area contributed by atoms with Crippen LogP contribution in [0.2, 0.25) is 0 Å². The predicted octanol–water partition coefficient (Wildman–Crippen LogP) is 3.27. The van der Waals surface area contributed by atoms with Gasteiger partial charge in [0.1, 0.15) is 5.82 Å². The molecule has 0 amide bonds. The van der Waals surface area contributed by atoms with Gasteiger partial charge in [-0.2, -0.15) is 4.98 Å². The van der Waals surface area contributed by atoms with Crippen LogP contribution < -0.4 is 10.6 Å². The van der Waals surface area contributed by atoms with Crippen molar-refractivity contribution in [2.45, 2.75) is 38.6 Å². The minimum Gasteiger partial charge on any atom is -0.366 e. The molecule has 1 saturated carbocycles. The first-order valence-corrected chi connectivity index (χ1v) is 6.99. The second-order valence-corrected chi connectivity index (χ2v) is 5.42. The molecule has 0 aliphatic heterocycles. The zero-order valence-corrected chi connectivity index (χ0v) is 11.9. The highest BCUT2D eigenvalue weighted by atomic mass is 79.9. The van der Waals surface area contributed by atoms with Gasteiger partial charge in [-0.15, -0.1) is 0 Å². The van der Waals surface area contributed by atoms with Crippen LogP contribution in [0.4, 0.5) is 11.8 Å². The number of hydrogen-bond acceptors (Lipinski definition) is 4. The van der Waals surface area contributed by atoms with Crippen molar-refractivity contribution in [3.8, 4) is 0 Å². The van der Waals surface area contributed by atoms with Gasteiger partial charge in [0.2, 0.25) is 5.95 Å². The van der Waals surface area contributed by atoms with E-state index in [1.165, 1.54) is 19.3 Å². The minimum absolute atomic E-state index is 0.512. The Morgan fingerprint density at radius 1 is 1.53 bits per heavy atom. The lowest BCUT2D eigenvalue weighted by atomic mass is 10.1. The van der Waals surface area contributed by atoms with Crippen molar-refractivity contribution in [3.05, 3.63) is 10.7 Å². The monoisotopic (exact) mass is 298 g/mol. The lowest BCUT2D eigenvalue weighted by molar-refractivity contribution is 0.585. The fourth-order valence-electron chi connectivity index (χ4n) is 1.87. The second kappa shape index (κ2) is 5.67. The third-order valence-corrected chi connectivity index (χ3v) is 3.70. The summed E-state index contributed by atoms with van der Waals surface area (Å²) in [5.41, 5.74) is 0. The Balaban J connectivity index is 2.03. The van der Waals surface area contributed by atoms with Crippen LogP contribution in [0.15, 0.2) is 10.7 Å². The van der Waals surface area contributed by atoms with E-state index in [1.807, 2.05) is 7.05 Å². The van der Waals surface area contributed by atoms with Gasteiger partial charge in [-0.25, -0.2) is 4.98 Å². The van der Waals surface area contributed by atoms with Crippen LogP contribution in [0.5, 0.6) is 0 Å². The number of hydrogen-bond donors (Lipinski definition) is 2. The van der Waals surface area contributed by atoms with Crippen LogP contribution in [-0.4, -0.2) is 23.1 Å². The molecule has 1 unspecified atom stereocenters. The molecule has 1 aliphatic rings. The van der Waals surface area contributed by atoms with Gasteiger partial charge in [0.15, 0.2) is 0 Å². The van der Waals surface area contributed by atoms with Crippen LogP contribution in [0, 0.1) is 5.92 Å². The first kappa shape index (κ1) is 12.6. The normalized spacial score (nSPS) is 16.6. The average molecular weight is 299 g/mol. The summed E-state index contributed by atoms with van der Waals surface area (Å²) in [6, 6.07) is 0.512. The van der Waals surface area contributed by atoms with E-state index in [0.29, 0.717) is 12.0 Å². The molecular weight excluding hydrogens is 280 g/mol. The lowest BCUT2D eigenvalue weighted by Gasteiger charge is -2.18. The number of nitrogens with zero attached hydrogens (tertiary/aromatic N) is 2. The van der Waals surface area contributed by atoms with Crippen LogP contribution in [-0.2, 0) is 0 Å². The molecule has 94 valence electrons. The fourth-order valence-corrected chi connectivity index (χ4v) is 2.17. The number of anilines is 2. The van der Waals surface area contributed by atoms with Gasteiger partial charge < -0.3 is 10.6 Å². The third-order valence-electron chi connectivity index (χ3n) is 3.12. The summed E-state index contributed by atoms with van der Waals surface area (Å²) in [4.78, 5) is 8.58. The Morgan fingerprint density at radius 2 is 2.29 bits per heavy atom. The first-order valence-electron chi connectivity index (χ1n) is 6.19. The Bertz CT molecular complexity index is 379. The number of aromatic nitrogens is 2. The highest BCUT2D eigenvalue weighted by molar-refractivity contribution is 9.10. The Hall–Kier alpha value is -0.840. The van der Waals surface area contributed by atoms with Gasteiger partial charge in [-0.1, -0.05) is 19.8 Å². The third kappa shape index (κ3) is 3.56. The molecule has 0 saturated heterocycles. The van der Waals surface area contributed by atoms with E-state index in [-0.39, 0.29) is 0 Å². The van der Waals surface area contributed by atoms with Crippen LogP contribution in [0.1, 0.15) is 32.6 Å². The van der Waals surface area contributed by atoms with E-state index < -0.39 is 0 Å². The quantitative estimate of drug-likeness (QED) is 0.846. The van der Waals surface area contributed by atoms with Crippen molar-refractivity contribution in [1.29, 1.82) is 0 Å². The van der Waals surface area contributed by atoms with Gasteiger partial charge in [0.25, 0.3) is 0 Å². The first-order chi connectivity index (χ1) is 8.22. The molecule has 1 aromatic rings. The number of rotatable bonds is 6. The molecule has 17 heavy (non-hydrogen) atoms. The Morgan fingerprint density at radius 3 is 2.88 bits per heavy atom. The van der Waals surface area contributed by atoms with Crippen LogP contribution >= 0.6 is 15.9 Å². The van der Waals surface area contributed by atoms with E-state index in [1.54, 1.807) is 6.20 Å². The Labute approximate surface area is 111 Å². The SMILES string of the molecule is CCC(CC1CC1)Nc1nc(NC)ncc1Br. The predicted molar refractivity (Wildman–Crippen MR) is 74.3 cm³/mol. The molecule has 1 atom stereocenters. The fraction of sp³-hybridized carbons (Fsp3) is 0.667. The van der Waals surface area contributed by atoms with Crippen molar-refractivity contribution in [2.75, 3.05) is 17.7 Å². The largest absolute Gasteiger partial charge is 0.366 e. The molecule has 0 bridgehead atoms. The molecule has 1 aromatic heterocycles. The lowest BCUT2D eigenvalue weighted by Crippen LogP contribution is -2.20. The molecule has 0 aromatic carbocycles. The molecular formula is C12H19BrN4. The van der Waals surface area contributed by atoms with Crippen LogP contribution in [0.3, 0.4) is 0 Å². The smallest absolute Gasteiger partial charge is 0.224 e. The number of halogens is 1. The van der Waals surface area contributed by atoms with Crippen molar-refractivity contribution >= 4 is 27.7 Å². The molecule has 0 radical (unpaired) electrons. The topological polar surface area (TPSA) is 49.8 Å². The van der Waals surface area contributed by atoms with Crippen molar-refractivity contribution < 1.29 is 0 Å². The molecule has 2 N–H and O–H groups in total. The minimum atomic E-state index is 0.512. The zero-order chi connectivity index (χ0) is 12.3. The highest BCUT2D eigenvalue weighted by Gasteiger charge is 2.25. The molecule has 5 heteroatoms. The van der Waals surface area contributed by atoms with Crippen LogP contribution in [0.25, 0.3) is 0 Å². The summed E-state index contributed by atoms with van der Waals surface area (Å²) in [5, 5.41) is 6.46. The molecule has 2 rings (SSSR count). The molecule has 1 fully saturated rings. The van der Waals surface area contributed by atoms with E-state index in [2.05, 4.69) is 43.5 Å². The molecule has 1 aliphatic carbocycles. The average Bonchev–Trinajstić information content (AvgIpc) is 3.14. The summed E-state index contributed by atoms with van der Waals surface area (Å²) >= 11 is 3.48. The number of nitrogens with one attached hydrogen (secondary N) is 2. The second-order valence-electron chi connectivity index (χ2n) is 4.57. The van der Waals surface area contributed by atoms with E-state index >= 15 is 0 Å². The highest BCUT2D eigenvalue weighted by Crippen LogP contribution is 2.35. The van der Waals surface area contributed by atoms with Crippen molar-refractivity contribution in [1.82, 2.24) is 9.97 Å². The van der Waals surface area contributed by atoms with Crippen molar-refractivity contribution in [3.63, 3.8) is 0 Å². The zero-order valence-electron chi connectivity index (χ0n) is 10.3. The standard InChI is InChI=1S/C12H19BrN4/c1-3-9(6-8-4-5-8)16-11-10(13)7-15-12(14-2)17-11/h7-9H,3-6H2,1-2H3,(H2,14,15,16,17). The van der Waals surface area contributed by atoms with E-state index in [0.717, 1.165) is 22.6 Å². The maximum absolute atomic E-state index is 4.43. The van der Waals surface area contributed by atoms with Gasteiger partial charge in [0.05, 0.1) is 4.47 Å². The molecule has 4 nitrogen and oxygen atoms in total. The van der Waals surface area contributed by atoms with Gasteiger partial charge in [-0.05, 0) is 34.7 Å². The van der Waals surface area contributed by atoms with E-state index in [9.17, 15) is 0 Å². The van der Waals surface area contributed by atoms with Gasteiger partial charge in [-0.3, -0.25) is 0 Å². The summed E-state index contributed by atoms with van der Waals surface area (Å²) < 4.78 is 0.922. The molecule has 1 heterocycles. The van der Waals surface area contributed by atoms with Gasteiger partial charge >= 0.3 is 0 Å².